The van der Waals surface area contributed by atoms with E-state index in [1.165, 1.54) is 6.07 Å². The highest BCUT2D eigenvalue weighted by Crippen LogP contribution is 2.28. The summed E-state index contributed by atoms with van der Waals surface area (Å²) in [4.78, 5) is 7.56. The Labute approximate surface area is 133 Å². The van der Waals surface area contributed by atoms with Crippen LogP contribution >= 0.6 is 11.6 Å². The summed E-state index contributed by atoms with van der Waals surface area (Å²) in [6.45, 7) is 0.557. The lowest BCUT2D eigenvalue weighted by molar-refractivity contribution is 0.628. The lowest BCUT2D eigenvalue weighted by atomic mass is 10.0. The maximum absolute atomic E-state index is 13.3. The van der Waals surface area contributed by atoms with E-state index in [0.29, 0.717) is 13.0 Å². The number of rotatable bonds is 4. The molecule has 5 heteroatoms. The van der Waals surface area contributed by atoms with Crippen LogP contribution in [0.4, 0.5) is 4.39 Å². The molecule has 1 aromatic heterocycles. The van der Waals surface area contributed by atoms with E-state index in [-0.39, 0.29) is 5.02 Å². The third-order valence-corrected chi connectivity index (χ3v) is 3.73. The van der Waals surface area contributed by atoms with Gasteiger partial charge < -0.3 is 10.7 Å². The highest BCUT2D eigenvalue weighted by Gasteiger charge is 2.07. The summed E-state index contributed by atoms with van der Waals surface area (Å²) in [5.74, 6) is 0.453. The second kappa shape index (κ2) is 6.30. The van der Waals surface area contributed by atoms with E-state index in [2.05, 4.69) is 9.97 Å². The summed E-state index contributed by atoms with van der Waals surface area (Å²) in [7, 11) is 0. The quantitative estimate of drug-likeness (QED) is 0.763. The lowest BCUT2D eigenvalue weighted by Gasteiger charge is -2.05. The molecule has 2 aromatic carbocycles. The maximum Gasteiger partial charge on any atom is 0.141 e. The summed E-state index contributed by atoms with van der Waals surface area (Å²) >= 11 is 5.86. The van der Waals surface area contributed by atoms with Gasteiger partial charge in [-0.1, -0.05) is 35.9 Å². The summed E-state index contributed by atoms with van der Waals surface area (Å²) < 4.78 is 13.3. The Morgan fingerprint density at radius 3 is 2.64 bits per heavy atom. The molecule has 0 fully saturated rings. The molecule has 3 aromatic rings. The highest BCUT2D eigenvalue weighted by molar-refractivity contribution is 6.31. The first-order chi connectivity index (χ1) is 10.7. The molecule has 0 atom stereocenters. The van der Waals surface area contributed by atoms with Crippen LogP contribution in [0, 0.1) is 5.82 Å². The Kier molecular flexibility index (Phi) is 4.22. The van der Waals surface area contributed by atoms with Crippen molar-refractivity contribution in [3.8, 4) is 22.4 Å². The zero-order valence-electron chi connectivity index (χ0n) is 11.8. The molecule has 0 unspecified atom stereocenters. The molecule has 0 aliphatic carbocycles. The number of hydrogen-bond acceptors (Lipinski definition) is 2. The van der Waals surface area contributed by atoms with Crippen LogP contribution in [-0.4, -0.2) is 16.5 Å². The van der Waals surface area contributed by atoms with Gasteiger partial charge in [0.1, 0.15) is 11.6 Å². The molecule has 3 rings (SSSR count). The Morgan fingerprint density at radius 1 is 1.09 bits per heavy atom. The second-order valence-electron chi connectivity index (χ2n) is 4.99. The smallest absolute Gasteiger partial charge is 0.141 e. The molecule has 0 aliphatic rings. The van der Waals surface area contributed by atoms with E-state index >= 15 is 0 Å². The fourth-order valence-electron chi connectivity index (χ4n) is 2.31. The monoisotopic (exact) mass is 315 g/mol. The van der Waals surface area contributed by atoms with Crippen molar-refractivity contribution in [3.63, 3.8) is 0 Å². The number of nitrogens with zero attached hydrogens (tertiary/aromatic N) is 1. The Morgan fingerprint density at radius 2 is 1.86 bits per heavy atom. The van der Waals surface area contributed by atoms with Gasteiger partial charge in [0, 0.05) is 12.0 Å². The van der Waals surface area contributed by atoms with Crippen molar-refractivity contribution in [2.45, 2.75) is 6.42 Å². The number of halogens is 2. The largest absolute Gasteiger partial charge is 0.342 e. The van der Waals surface area contributed by atoms with Crippen molar-refractivity contribution in [1.82, 2.24) is 9.97 Å². The summed E-state index contributed by atoms with van der Waals surface area (Å²) in [5.41, 5.74) is 9.31. The third-order valence-electron chi connectivity index (χ3n) is 3.44. The number of nitrogens with one attached hydrogen (secondary N) is 1. The molecule has 3 N–H and O–H groups in total. The summed E-state index contributed by atoms with van der Waals surface area (Å²) in [6, 6.07) is 12.6. The van der Waals surface area contributed by atoms with Crippen LogP contribution in [0.25, 0.3) is 22.4 Å². The number of imidazole rings is 1. The minimum Gasteiger partial charge on any atom is -0.342 e. The molecule has 1 heterocycles. The summed E-state index contributed by atoms with van der Waals surface area (Å²) in [5, 5.41) is 0.120. The zero-order chi connectivity index (χ0) is 15.5. The number of aromatic amines is 1. The molecular weight excluding hydrogens is 301 g/mol. The third kappa shape index (κ3) is 3.03. The predicted molar refractivity (Wildman–Crippen MR) is 87.2 cm³/mol. The van der Waals surface area contributed by atoms with E-state index in [1.54, 1.807) is 18.3 Å². The fourth-order valence-corrected chi connectivity index (χ4v) is 2.50. The normalized spacial score (nSPS) is 10.9. The number of benzene rings is 2. The van der Waals surface area contributed by atoms with E-state index in [1.807, 2.05) is 24.3 Å². The molecule has 0 bridgehead atoms. The van der Waals surface area contributed by atoms with Crippen LogP contribution < -0.4 is 5.73 Å². The summed E-state index contributed by atoms with van der Waals surface area (Å²) in [6.07, 6.45) is 2.51. The van der Waals surface area contributed by atoms with Gasteiger partial charge >= 0.3 is 0 Å². The molecule has 0 amide bonds. The molecule has 0 radical (unpaired) electrons. The van der Waals surface area contributed by atoms with Gasteiger partial charge in [-0.3, -0.25) is 0 Å². The van der Waals surface area contributed by atoms with Gasteiger partial charge in [0.25, 0.3) is 0 Å². The molecule has 22 heavy (non-hydrogen) atoms. The standard InChI is InChI=1S/C17H15ClFN3/c18-14-9-12(4-5-15(14)19)11-2-1-3-13(8-11)16-10-21-17(22-16)6-7-20/h1-5,8-10H,6-7,20H2,(H,21,22). The van der Waals surface area contributed by atoms with Gasteiger partial charge in [-0.2, -0.15) is 0 Å². The number of aromatic nitrogens is 2. The Bertz CT molecular complexity index is 798. The zero-order valence-corrected chi connectivity index (χ0v) is 12.6. The highest BCUT2D eigenvalue weighted by atomic mass is 35.5. The topological polar surface area (TPSA) is 54.7 Å². The average molecular weight is 316 g/mol. The van der Waals surface area contributed by atoms with E-state index < -0.39 is 5.82 Å². The lowest BCUT2D eigenvalue weighted by Crippen LogP contribution is -2.03. The van der Waals surface area contributed by atoms with Crippen molar-refractivity contribution in [1.29, 1.82) is 0 Å². The molecule has 3 nitrogen and oxygen atoms in total. The predicted octanol–water partition coefficient (Wildman–Crippen LogP) is 4.04. The van der Waals surface area contributed by atoms with Crippen LogP contribution in [0.1, 0.15) is 5.82 Å². The first-order valence-corrected chi connectivity index (χ1v) is 7.35. The van der Waals surface area contributed by atoms with Crippen LogP contribution in [0.2, 0.25) is 5.02 Å². The van der Waals surface area contributed by atoms with Gasteiger partial charge in [-0.25, -0.2) is 9.37 Å². The molecule has 0 saturated heterocycles. The number of H-pyrrole nitrogens is 1. The van der Waals surface area contributed by atoms with Crippen LogP contribution in [0.3, 0.4) is 0 Å². The maximum atomic E-state index is 13.3. The number of nitrogens with two attached hydrogens (primary N) is 1. The van der Waals surface area contributed by atoms with E-state index in [0.717, 1.165) is 28.2 Å². The first-order valence-electron chi connectivity index (χ1n) is 6.97. The Hall–Kier alpha value is -2.17. The molecular formula is C17H15ClFN3. The van der Waals surface area contributed by atoms with E-state index in [9.17, 15) is 4.39 Å². The van der Waals surface area contributed by atoms with Crippen molar-refractivity contribution in [2.24, 2.45) is 5.73 Å². The van der Waals surface area contributed by atoms with Crippen LogP contribution in [0.15, 0.2) is 48.7 Å². The van der Waals surface area contributed by atoms with Gasteiger partial charge in [0.2, 0.25) is 0 Å². The van der Waals surface area contributed by atoms with Crippen molar-refractivity contribution < 1.29 is 4.39 Å². The molecule has 0 spiro atoms. The molecule has 0 saturated carbocycles. The average Bonchev–Trinajstić information content (AvgIpc) is 2.99. The van der Waals surface area contributed by atoms with Crippen molar-refractivity contribution in [3.05, 3.63) is 65.3 Å². The van der Waals surface area contributed by atoms with Gasteiger partial charge in [0.05, 0.1) is 16.9 Å². The van der Waals surface area contributed by atoms with Gasteiger partial charge in [-0.05, 0) is 35.9 Å². The molecule has 0 aliphatic heterocycles. The van der Waals surface area contributed by atoms with Crippen molar-refractivity contribution in [2.75, 3.05) is 6.54 Å². The van der Waals surface area contributed by atoms with E-state index in [4.69, 9.17) is 17.3 Å². The van der Waals surface area contributed by atoms with Gasteiger partial charge in [0.15, 0.2) is 0 Å². The fraction of sp³-hybridized carbons (Fsp3) is 0.118. The van der Waals surface area contributed by atoms with Gasteiger partial charge in [-0.15, -0.1) is 0 Å². The van der Waals surface area contributed by atoms with Crippen LogP contribution in [-0.2, 0) is 6.42 Å². The number of hydrogen-bond donors (Lipinski definition) is 2. The first kappa shape index (κ1) is 14.8. The minimum absolute atomic E-state index is 0.120. The van der Waals surface area contributed by atoms with Crippen molar-refractivity contribution >= 4 is 11.6 Å². The SMILES string of the molecule is NCCc1ncc(-c2cccc(-c3ccc(F)c(Cl)c3)c2)[nH]1. The Balaban J connectivity index is 1.96. The molecule has 112 valence electrons. The van der Waals surface area contributed by atoms with Crippen LogP contribution in [0.5, 0.6) is 0 Å². The second-order valence-corrected chi connectivity index (χ2v) is 5.40. The minimum atomic E-state index is -0.415.